The van der Waals surface area contributed by atoms with Crippen LogP contribution in [0.5, 0.6) is 0 Å². The van der Waals surface area contributed by atoms with Gasteiger partial charge >= 0.3 is 0 Å². The average molecular weight is 339 g/mol. The normalized spacial score (nSPS) is 11.0. The van der Waals surface area contributed by atoms with Gasteiger partial charge in [-0.2, -0.15) is 0 Å². The first-order valence-corrected chi connectivity index (χ1v) is 8.11. The van der Waals surface area contributed by atoms with Crippen LogP contribution in [0.25, 0.3) is 0 Å². The van der Waals surface area contributed by atoms with E-state index in [1.54, 1.807) is 19.2 Å². The van der Waals surface area contributed by atoms with E-state index in [9.17, 15) is 0 Å². The van der Waals surface area contributed by atoms with Crippen molar-refractivity contribution < 1.29 is 4.74 Å². The monoisotopic (exact) mass is 337 g/mol. The Labute approximate surface area is 136 Å². The van der Waals surface area contributed by atoms with Gasteiger partial charge in [0.05, 0.1) is 6.61 Å². The Kier molecular flexibility index (Phi) is 9.66. The smallest absolute Gasteiger partial charge is 0.0587 e. The number of nitrogens with one attached hydrogen (secondary N) is 1. The van der Waals surface area contributed by atoms with Gasteiger partial charge in [-0.15, -0.1) is 0 Å². The maximum Gasteiger partial charge on any atom is 0.0587 e. The molecule has 5 heteroatoms. The van der Waals surface area contributed by atoms with E-state index in [2.05, 4.69) is 5.32 Å². The molecule has 0 bridgehead atoms. The summed E-state index contributed by atoms with van der Waals surface area (Å²) in [7, 11) is 1.72. The van der Waals surface area contributed by atoms with Crippen molar-refractivity contribution in [2.45, 2.75) is 32.1 Å². The summed E-state index contributed by atoms with van der Waals surface area (Å²) >= 11 is 18.2. The highest BCUT2D eigenvalue weighted by atomic mass is 35.5. The van der Waals surface area contributed by atoms with Gasteiger partial charge in [0.25, 0.3) is 0 Å². The number of unbranched alkanes of at least 4 members (excludes halogenated alkanes) is 3. The van der Waals surface area contributed by atoms with E-state index in [0.717, 1.165) is 38.1 Å². The first-order valence-electron chi connectivity index (χ1n) is 6.98. The third kappa shape index (κ3) is 7.14. The first-order chi connectivity index (χ1) is 9.65. The predicted molar refractivity (Wildman–Crippen MR) is 88.4 cm³/mol. The van der Waals surface area contributed by atoms with Crippen LogP contribution in [0.3, 0.4) is 0 Å². The Hall–Kier alpha value is 0.01000. The zero-order valence-corrected chi connectivity index (χ0v) is 14.1. The molecule has 20 heavy (non-hydrogen) atoms. The summed E-state index contributed by atoms with van der Waals surface area (Å²) in [6.45, 7) is 2.74. The van der Waals surface area contributed by atoms with Gasteiger partial charge in [-0.05, 0) is 43.5 Å². The molecule has 0 aliphatic rings. The van der Waals surface area contributed by atoms with Gasteiger partial charge in [0, 0.05) is 28.7 Å². The summed E-state index contributed by atoms with van der Waals surface area (Å²) in [5, 5.41) is 5.27. The van der Waals surface area contributed by atoms with Crippen LogP contribution in [0.4, 0.5) is 0 Å². The summed E-state index contributed by atoms with van der Waals surface area (Å²) in [4.78, 5) is 0. The largest absolute Gasteiger partial charge is 0.383 e. The van der Waals surface area contributed by atoms with Crippen molar-refractivity contribution in [3.8, 4) is 0 Å². The van der Waals surface area contributed by atoms with Crippen molar-refractivity contribution in [1.29, 1.82) is 0 Å². The number of hydrogen-bond acceptors (Lipinski definition) is 2. The lowest BCUT2D eigenvalue weighted by molar-refractivity contribution is 0.199. The number of hydrogen-bond donors (Lipinski definition) is 1. The molecule has 0 fully saturated rings. The fourth-order valence-electron chi connectivity index (χ4n) is 2.02. The molecule has 1 rings (SSSR count). The van der Waals surface area contributed by atoms with Crippen LogP contribution < -0.4 is 5.32 Å². The van der Waals surface area contributed by atoms with Crippen LogP contribution in [0.1, 0.15) is 31.2 Å². The molecule has 1 aromatic carbocycles. The maximum absolute atomic E-state index is 6.16. The second-order valence-electron chi connectivity index (χ2n) is 4.76. The molecule has 1 aromatic rings. The third-order valence-corrected chi connectivity index (χ3v) is 4.01. The molecular weight excluding hydrogens is 317 g/mol. The topological polar surface area (TPSA) is 21.3 Å². The van der Waals surface area contributed by atoms with E-state index in [-0.39, 0.29) is 0 Å². The molecule has 0 atom stereocenters. The standard InChI is InChI=1S/C15H22Cl3NO/c1-20-9-8-19-7-5-3-2-4-6-13-14(17)10-12(16)11-15(13)18/h10-11,19H,2-9H2,1H3. The minimum absolute atomic E-state index is 0.589. The highest BCUT2D eigenvalue weighted by Crippen LogP contribution is 2.30. The van der Waals surface area contributed by atoms with Crippen molar-refractivity contribution in [3.05, 3.63) is 32.8 Å². The molecule has 0 aliphatic heterocycles. The highest BCUT2D eigenvalue weighted by Gasteiger charge is 2.07. The second-order valence-corrected chi connectivity index (χ2v) is 6.01. The molecule has 114 valence electrons. The van der Waals surface area contributed by atoms with Crippen LogP contribution in [-0.2, 0) is 11.2 Å². The molecule has 0 saturated carbocycles. The summed E-state index contributed by atoms with van der Waals surface area (Å²) in [5.41, 5.74) is 1.01. The van der Waals surface area contributed by atoms with Gasteiger partial charge < -0.3 is 10.1 Å². The minimum Gasteiger partial charge on any atom is -0.383 e. The van der Waals surface area contributed by atoms with Crippen LogP contribution in [0, 0.1) is 0 Å². The lowest BCUT2D eigenvalue weighted by atomic mass is 10.1. The molecule has 0 amide bonds. The van der Waals surface area contributed by atoms with Gasteiger partial charge in [-0.25, -0.2) is 0 Å². The summed E-state index contributed by atoms with van der Waals surface area (Å²) in [5.74, 6) is 0. The maximum atomic E-state index is 6.16. The predicted octanol–water partition coefficient (Wildman–Crippen LogP) is 4.99. The van der Waals surface area contributed by atoms with E-state index < -0.39 is 0 Å². The van der Waals surface area contributed by atoms with Gasteiger partial charge in [-0.1, -0.05) is 47.6 Å². The van der Waals surface area contributed by atoms with Gasteiger partial charge in [-0.3, -0.25) is 0 Å². The molecule has 0 saturated heterocycles. The van der Waals surface area contributed by atoms with Gasteiger partial charge in [0.15, 0.2) is 0 Å². The van der Waals surface area contributed by atoms with Crippen molar-refractivity contribution in [2.75, 3.05) is 26.8 Å². The van der Waals surface area contributed by atoms with Crippen LogP contribution in [0.2, 0.25) is 15.1 Å². The fourth-order valence-corrected chi connectivity index (χ4v) is 3.02. The zero-order valence-electron chi connectivity index (χ0n) is 11.9. The first kappa shape index (κ1) is 18.1. The summed E-state index contributed by atoms with van der Waals surface area (Å²) in [6.07, 6.45) is 5.58. The molecule has 2 nitrogen and oxygen atoms in total. The summed E-state index contributed by atoms with van der Waals surface area (Å²) in [6, 6.07) is 3.51. The fraction of sp³-hybridized carbons (Fsp3) is 0.600. The van der Waals surface area contributed by atoms with Crippen molar-refractivity contribution in [3.63, 3.8) is 0 Å². The van der Waals surface area contributed by atoms with Crippen LogP contribution in [0.15, 0.2) is 12.1 Å². The molecule has 0 aromatic heterocycles. The lowest BCUT2D eigenvalue weighted by Crippen LogP contribution is -2.20. The molecule has 0 unspecified atom stereocenters. The van der Waals surface area contributed by atoms with Crippen molar-refractivity contribution >= 4 is 34.8 Å². The number of methoxy groups -OCH3 is 1. The molecule has 0 radical (unpaired) electrons. The lowest BCUT2D eigenvalue weighted by Gasteiger charge is -2.08. The molecular formula is C15H22Cl3NO. The Morgan fingerprint density at radius 1 is 0.950 bits per heavy atom. The number of rotatable bonds is 10. The highest BCUT2D eigenvalue weighted by molar-refractivity contribution is 6.39. The number of ether oxygens (including phenoxy) is 1. The Balaban J connectivity index is 2.13. The summed E-state index contributed by atoms with van der Waals surface area (Å²) < 4.78 is 4.97. The van der Waals surface area contributed by atoms with E-state index in [1.807, 2.05) is 0 Å². The third-order valence-electron chi connectivity index (χ3n) is 3.12. The second kappa shape index (κ2) is 10.7. The van der Waals surface area contributed by atoms with Crippen molar-refractivity contribution in [2.24, 2.45) is 0 Å². The number of benzene rings is 1. The van der Waals surface area contributed by atoms with Crippen molar-refractivity contribution in [1.82, 2.24) is 5.32 Å². The quantitative estimate of drug-likeness (QED) is 0.607. The SMILES string of the molecule is COCCNCCCCCCc1c(Cl)cc(Cl)cc1Cl. The Morgan fingerprint density at radius 2 is 1.60 bits per heavy atom. The minimum atomic E-state index is 0.589. The zero-order chi connectivity index (χ0) is 14.8. The van der Waals surface area contributed by atoms with E-state index in [1.165, 1.54) is 19.3 Å². The van der Waals surface area contributed by atoms with E-state index in [0.29, 0.717) is 15.1 Å². The molecule has 1 N–H and O–H groups in total. The van der Waals surface area contributed by atoms with Gasteiger partial charge in [0.1, 0.15) is 0 Å². The van der Waals surface area contributed by atoms with Gasteiger partial charge in [0.2, 0.25) is 0 Å². The average Bonchev–Trinajstić information content (AvgIpc) is 2.39. The molecule has 0 spiro atoms. The Morgan fingerprint density at radius 3 is 2.25 bits per heavy atom. The van der Waals surface area contributed by atoms with E-state index in [4.69, 9.17) is 39.5 Å². The molecule has 0 heterocycles. The van der Waals surface area contributed by atoms with Crippen LogP contribution >= 0.6 is 34.8 Å². The number of halogens is 3. The molecule has 0 aliphatic carbocycles. The van der Waals surface area contributed by atoms with Crippen LogP contribution in [-0.4, -0.2) is 26.8 Å². The Bertz CT molecular complexity index is 376. The van der Waals surface area contributed by atoms with E-state index >= 15 is 0 Å².